The highest BCUT2D eigenvalue weighted by molar-refractivity contribution is 14.1. The fourth-order valence-corrected chi connectivity index (χ4v) is 2.93. The van der Waals surface area contributed by atoms with Crippen LogP contribution in [0.15, 0.2) is 36.4 Å². The Balaban J connectivity index is 1.88. The Morgan fingerprint density at radius 3 is 2.68 bits per heavy atom. The fourth-order valence-electron chi connectivity index (χ4n) is 2.48. The van der Waals surface area contributed by atoms with Crippen LogP contribution in [-0.4, -0.2) is 23.3 Å². The standard InChI is InChI=1S/C18H14FIN2O3/c19-15-6-11(20)2-4-16(15)22-17-5-10(9-21)1-3-14(17)18(24)25-13-7-12(23)8-13/h1-6,12-13,22-23H,7-8H2. The summed E-state index contributed by atoms with van der Waals surface area (Å²) in [5, 5.41) is 21.2. The summed E-state index contributed by atoms with van der Waals surface area (Å²) in [7, 11) is 0. The van der Waals surface area contributed by atoms with E-state index in [9.17, 15) is 14.3 Å². The van der Waals surface area contributed by atoms with E-state index in [0.717, 1.165) is 3.57 Å². The van der Waals surface area contributed by atoms with Crippen molar-refractivity contribution in [1.29, 1.82) is 5.26 Å². The van der Waals surface area contributed by atoms with Gasteiger partial charge in [-0.2, -0.15) is 5.26 Å². The van der Waals surface area contributed by atoms with Gasteiger partial charge in [0, 0.05) is 16.4 Å². The minimum Gasteiger partial charge on any atom is -0.459 e. The molecule has 0 spiro atoms. The second kappa shape index (κ2) is 7.37. The first-order chi connectivity index (χ1) is 12.0. The molecule has 128 valence electrons. The maximum atomic E-state index is 14.1. The molecule has 2 aromatic rings. The van der Waals surface area contributed by atoms with Crippen LogP contribution < -0.4 is 5.32 Å². The van der Waals surface area contributed by atoms with Crippen LogP contribution in [0.5, 0.6) is 0 Å². The molecule has 0 saturated heterocycles. The summed E-state index contributed by atoms with van der Waals surface area (Å²) in [4.78, 5) is 12.4. The number of nitrogens with one attached hydrogen (secondary N) is 1. The number of esters is 1. The zero-order valence-corrected chi connectivity index (χ0v) is 15.2. The van der Waals surface area contributed by atoms with Gasteiger partial charge in [0.2, 0.25) is 0 Å². The highest BCUT2D eigenvalue weighted by atomic mass is 127. The van der Waals surface area contributed by atoms with Crippen LogP contribution in [0, 0.1) is 20.7 Å². The van der Waals surface area contributed by atoms with Gasteiger partial charge >= 0.3 is 5.97 Å². The Hall–Kier alpha value is -2.18. The molecule has 1 aliphatic rings. The zero-order chi connectivity index (χ0) is 18.0. The molecule has 0 radical (unpaired) electrons. The molecule has 1 saturated carbocycles. The molecule has 5 nitrogen and oxygen atoms in total. The number of ether oxygens (including phenoxy) is 1. The average molecular weight is 452 g/mol. The van der Waals surface area contributed by atoms with Crippen LogP contribution in [0.1, 0.15) is 28.8 Å². The SMILES string of the molecule is N#Cc1ccc(C(=O)OC2CC(O)C2)c(Nc2ccc(I)cc2F)c1. The summed E-state index contributed by atoms with van der Waals surface area (Å²) < 4.78 is 20.2. The Morgan fingerprint density at radius 1 is 1.28 bits per heavy atom. The number of hydrogen-bond donors (Lipinski definition) is 2. The first kappa shape index (κ1) is 17.6. The van der Waals surface area contributed by atoms with Gasteiger partial charge in [-0.05, 0) is 59.0 Å². The van der Waals surface area contributed by atoms with Gasteiger partial charge in [0.05, 0.1) is 34.7 Å². The molecule has 1 aliphatic carbocycles. The molecule has 0 unspecified atom stereocenters. The number of halogens is 2. The quantitative estimate of drug-likeness (QED) is 0.546. The van der Waals surface area contributed by atoms with Crippen molar-refractivity contribution in [2.45, 2.75) is 25.0 Å². The molecular formula is C18H14FIN2O3. The van der Waals surface area contributed by atoms with E-state index in [1.54, 1.807) is 12.1 Å². The summed E-state index contributed by atoms with van der Waals surface area (Å²) in [5.74, 6) is -1.04. The van der Waals surface area contributed by atoms with E-state index in [1.165, 1.54) is 24.3 Å². The Labute approximate surface area is 157 Å². The number of aliphatic hydroxyl groups is 1. The molecule has 0 aliphatic heterocycles. The van der Waals surface area contributed by atoms with Crippen LogP contribution >= 0.6 is 22.6 Å². The Kier molecular flexibility index (Phi) is 5.20. The molecule has 3 rings (SSSR count). The summed E-state index contributed by atoms with van der Waals surface area (Å²) in [6.07, 6.45) is 0.0749. The zero-order valence-electron chi connectivity index (χ0n) is 13.0. The molecule has 0 bridgehead atoms. The van der Waals surface area contributed by atoms with E-state index in [1.807, 2.05) is 28.7 Å². The van der Waals surface area contributed by atoms with Crippen molar-refractivity contribution < 1.29 is 19.0 Å². The minimum absolute atomic E-state index is 0.198. The summed E-state index contributed by atoms with van der Waals surface area (Å²) in [6, 6.07) is 11.1. The number of carbonyl (C=O) groups excluding carboxylic acids is 1. The lowest BCUT2D eigenvalue weighted by atomic mass is 9.92. The predicted octanol–water partition coefficient (Wildman–Crippen LogP) is 3.73. The first-order valence-electron chi connectivity index (χ1n) is 7.61. The molecule has 0 aromatic heterocycles. The Morgan fingerprint density at radius 2 is 2.04 bits per heavy atom. The van der Waals surface area contributed by atoms with Crippen LogP contribution in [-0.2, 0) is 4.74 Å². The molecular weight excluding hydrogens is 438 g/mol. The van der Waals surface area contributed by atoms with Crippen molar-refractivity contribution in [2.24, 2.45) is 0 Å². The highest BCUT2D eigenvalue weighted by Gasteiger charge is 2.31. The van der Waals surface area contributed by atoms with Gasteiger partial charge in [-0.3, -0.25) is 0 Å². The van der Waals surface area contributed by atoms with Gasteiger partial charge in [-0.25, -0.2) is 9.18 Å². The van der Waals surface area contributed by atoms with Gasteiger partial charge in [0.25, 0.3) is 0 Å². The van der Waals surface area contributed by atoms with Crippen molar-refractivity contribution in [3.8, 4) is 6.07 Å². The first-order valence-corrected chi connectivity index (χ1v) is 8.69. The fraction of sp³-hybridized carbons (Fsp3) is 0.222. The molecule has 1 fully saturated rings. The molecule has 7 heteroatoms. The lowest BCUT2D eigenvalue weighted by Crippen LogP contribution is -2.36. The number of anilines is 2. The number of carbonyl (C=O) groups is 1. The van der Waals surface area contributed by atoms with E-state index in [2.05, 4.69) is 5.32 Å². The minimum atomic E-state index is -0.574. The van der Waals surface area contributed by atoms with E-state index >= 15 is 0 Å². The van der Waals surface area contributed by atoms with Gasteiger partial charge < -0.3 is 15.2 Å². The lowest BCUT2D eigenvalue weighted by molar-refractivity contribution is -0.0465. The molecule has 0 atom stereocenters. The third-order valence-electron chi connectivity index (χ3n) is 3.91. The average Bonchev–Trinajstić information content (AvgIpc) is 2.55. The van der Waals surface area contributed by atoms with Crippen molar-refractivity contribution in [1.82, 2.24) is 0 Å². The second-order valence-electron chi connectivity index (χ2n) is 5.77. The number of nitriles is 1. The van der Waals surface area contributed by atoms with Gasteiger partial charge in [-0.15, -0.1) is 0 Å². The third-order valence-corrected chi connectivity index (χ3v) is 4.58. The topological polar surface area (TPSA) is 82.4 Å². The van der Waals surface area contributed by atoms with Gasteiger partial charge in [-0.1, -0.05) is 0 Å². The number of hydrogen-bond acceptors (Lipinski definition) is 5. The monoisotopic (exact) mass is 452 g/mol. The number of rotatable bonds is 4. The van der Waals surface area contributed by atoms with E-state index in [-0.39, 0.29) is 17.4 Å². The molecule has 25 heavy (non-hydrogen) atoms. The van der Waals surface area contributed by atoms with Gasteiger partial charge in [0.15, 0.2) is 0 Å². The molecule has 0 heterocycles. The van der Waals surface area contributed by atoms with Gasteiger partial charge in [0.1, 0.15) is 11.9 Å². The normalized spacial score (nSPS) is 18.8. The van der Waals surface area contributed by atoms with Crippen LogP contribution in [0.25, 0.3) is 0 Å². The maximum absolute atomic E-state index is 14.1. The van der Waals surface area contributed by atoms with Crippen molar-refractivity contribution in [3.05, 3.63) is 56.9 Å². The molecule has 2 N–H and O–H groups in total. The highest BCUT2D eigenvalue weighted by Crippen LogP contribution is 2.29. The number of aliphatic hydroxyl groups excluding tert-OH is 1. The lowest BCUT2D eigenvalue weighted by Gasteiger charge is -2.30. The van der Waals surface area contributed by atoms with Crippen LogP contribution in [0.3, 0.4) is 0 Å². The number of benzene rings is 2. The smallest absolute Gasteiger partial charge is 0.340 e. The van der Waals surface area contributed by atoms with E-state index in [0.29, 0.717) is 24.1 Å². The van der Waals surface area contributed by atoms with Crippen molar-refractivity contribution in [2.75, 3.05) is 5.32 Å². The number of nitrogens with zero attached hydrogens (tertiary/aromatic N) is 1. The largest absolute Gasteiger partial charge is 0.459 e. The second-order valence-corrected chi connectivity index (χ2v) is 7.02. The van der Waals surface area contributed by atoms with Crippen molar-refractivity contribution >= 4 is 39.9 Å². The van der Waals surface area contributed by atoms with Crippen LogP contribution in [0.2, 0.25) is 0 Å². The van der Waals surface area contributed by atoms with E-state index in [4.69, 9.17) is 10.00 Å². The predicted molar refractivity (Wildman–Crippen MR) is 98.0 cm³/mol. The summed E-state index contributed by atoms with van der Waals surface area (Å²) >= 11 is 2.00. The van der Waals surface area contributed by atoms with Crippen molar-refractivity contribution in [3.63, 3.8) is 0 Å². The summed E-state index contributed by atoms with van der Waals surface area (Å²) in [5.41, 5.74) is 1.04. The molecule has 2 aromatic carbocycles. The summed E-state index contributed by atoms with van der Waals surface area (Å²) in [6.45, 7) is 0. The maximum Gasteiger partial charge on any atom is 0.340 e. The van der Waals surface area contributed by atoms with E-state index < -0.39 is 17.9 Å². The third kappa shape index (κ3) is 4.08. The van der Waals surface area contributed by atoms with Crippen LogP contribution in [0.4, 0.5) is 15.8 Å². The Bertz CT molecular complexity index is 860. The molecule has 0 amide bonds.